The van der Waals surface area contributed by atoms with Crippen LogP contribution < -0.4 is 4.74 Å². The zero-order valence-electron chi connectivity index (χ0n) is 12.6. The Morgan fingerprint density at radius 1 is 1.29 bits per heavy atom. The van der Waals surface area contributed by atoms with Crippen LogP contribution in [0.3, 0.4) is 0 Å². The molecule has 0 aliphatic carbocycles. The minimum atomic E-state index is 0.0299. The normalized spacial score (nSPS) is 10.6. The van der Waals surface area contributed by atoms with Crippen molar-refractivity contribution in [3.8, 4) is 5.75 Å². The Hall–Kier alpha value is -2.17. The van der Waals surface area contributed by atoms with E-state index in [0.29, 0.717) is 18.0 Å². The van der Waals surface area contributed by atoms with Crippen LogP contribution in [0.4, 0.5) is 0 Å². The van der Waals surface area contributed by atoms with Crippen LogP contribution in [-0.4, -0.2) is 27.2 Å². The third-order valence-electron chi connectivity index (χ3n) is 3.08. The number of hydrogen-bond donors (Lipinski definition) is 0. The molecule has 21 heavy (non-hydrogen) atoms. The van der Waals surface area contributed by atoms with E-state index in [2.05, 4.69) is 23.9 Å². The van der Waals surface area contributed by atoms with E-state index in [0.717, 1.165) is 25.1 Å². The molecule has 0 fully saturated rings. The smallest absolute Gasteiger partial charge is 0.170 e. The highest BCUT2D eigenvalue weighted by atomic mass is 16.5. The van der Waals surface area contributed by atoms with Crippen LogP contribution in [0, 0.1) is 0 Å². The molecule has 0 spiro atoms. The first-order chi connectivity index (χ1) is 10.2. The molecule has 0 radical (unpaired) electrons. The largest absolute Gasteiger partial charge is 0.494 e. The molecule has 0 aliphatic heterocycles. The van der Waals surface area contributed by atoms with Gasteiger partial charge in [-0.25, -0.2) is 9.67 Å². The Kier molecular flexibility index (Phi) is 5.49. The van der Waals surface area contributed by atoms with Gasteiger partial charge in [0.15, 0.2) is 5.78 Å². The molecule has 0 amide bonds. The summed E-state index contributed by atoms with van der Waals surface area (Å²) in [7, 11) is 0. The Bertz CT molecular complexity index is 593. The van der Waals surface area contributed by atoms with Gasteiger partial charge < -0.3 is 4.74 Å². The van der Waals surface area contributed by atoms with Crippen molar-refractivity contribution >= 4 is 5.78 Å². The van der Waals surface area contributed by atoms with Crippen molar-refractivity contribution in [1.29, 1.82) is 0 Å². The van der Waals surface area contributed by atoms with Crippen LogP contribution >= 0.6 is 0 Å². The molecular formula is C16H21N3O2. The summed E-state index contributed by atoms with van der Waals surface area (Å²) in [4.78, 5) is 16.5. The van der Waals surface area contributed by atoms with E-state index < -0.39 is 0 Å². The zero-order valence-corrected chi connectivity index (χ0v) is 12.6. The third kappa shape index (κ3) is 4.15. The highest BCUT2D eigenvalue weighted by Crippen LogP contribution is 2.15. The quantitative estimate of drug-likeness (QED) is 0.700. The summed E-state index contributed by atoms with van der Waals surface area (Å²) < 4.78 is 7.35. The first kappa shape index (κ1) is 15.2. The number of carbonyl (C=O) groups is 1. The second-order valence-corrected chi connectivity index (χ2v) is 4.88. The summed E-state index contributed by atoms with van der Waals surface area (Å²) in [6.07, 6.45) is 3.67. The lowest BCUT2D eigenvalue weighted by Gasteiger charge is -2.07. The van der Waals surface area contributed by atoms with Crippen molar-refractivity contribution in [3.05, 3.63) is 42.0 Å². The minimum Gasteiger partial charge on any atom is -0.494 e. The van der Waals surface area contributed by atoms with Crippen molar-refractivity contribution in [3.63, 3.8) is 0 Å². The topological polar surface area (TPSA) is 57.0 Å². The van der Waals surface area contributed by atoms with Crippen LogP contribution in [0.5, 0.6) is 5.75 Å². The van der Waals surface area contributed by atoms with Crippen LogP contribution in [0.1, 0.15) is 42.9 Å². The summed E-state index contributed by atoms with van der Waals surface area (Å²) in [5.41, 5.74) is 0.648. The molecule has 0 saturated carbocycles. The number of carbonyl (C=O) groups excluding carboxylic acids is 1. The fourth-order valence-corrected chi connectivity index (χ4v) is 2.05. The molecule has 2 aromatic rings. The number of aromatic nitrogens is 3. The lowest BCUT2D eigenvalue weighted by atomic mass is 10.1. The molecule has 0 atom stereocenters. The van der Waals surface area contributed by atoms with Gasteiger partial charge in [0.1, 0.15) is 17.9 Å². The molecule has 0 N–H and O–H groups in total. The number of benzene rings is 1. The summed E-state index contributed by atoms with van der Waals surface area (Å²) >= 11 is 0. The summed E-state index contributed by atoms with van der Waals surface area (Å²) in [6, 6.07) is 7.31. The number of rotatable bonds is 8. The SMILES string of the molecule is CCCOc1cccc(C(=O)Cc2ncnn2CCC)c1. The number of ketones is 1. The van der Waals surface area contributed by atoms with Crippen molar-refractivity contribution < 1.29 is 9.53 Å². The first-order valence-corrected chi connectivity index (χ1v) is 7.37. The van der Waals surface area contributed by atoms with Crippen LogP contribution in [0.15, 0.2) is 30.6 Å². The molecule has 0 bridgehead atoms. The second-order valence-electron chi connectivity index (χ2n) is 4.88. The molecule has 0 aliphatic rings. The molecule has 5 nitrogen and oxygen atoms in total. The maximum absolute atomic E-state index is 12.4. The van der Waals surface area contributed by atoms with E-state index in [1.165, 1.54) is 6.33 Å². The predicted octanol–water partition coefficient (Wildman–Crippen LogP) is 2.90. The molecule has 0 saturated heterocycles. The van der Waals surface area contributed by atoms with Crippen molar-refractivity contribution in [2.24, 2.45) is 0 Å². The van der Waals surface area contributed by atoms with Gasteiger partial charge in [0.05, 0.1) is 13.0 Å². The molecule has 2 rings (SSSR count). The Balaban J connectivity index is 2.07. The molecule has 1 aromatic carbocycles. The fraction of sp³-hybridized carbons (Fsp3) is 0.438. The van der Waals surface area contributed by atoms with Crippen LogP contribution in [0.2, 0.25) is 0 Å². The van der Waals surface area contributed by atoms with Gasteiger partial charge in [-0.2, -0.15) is 5.10 Å². The summed E-state index contributed by atoms with van der Waals surface area (Å²) in [5.74, 6) is 1.47. The predicted molar refractivity (Wildman–Crippen MR) is 80.6 cm³/mol. The molecule has 0 unspecified atom stereocenters. The van der Waals surface area contributed by atoms with Crippen molar-refractivity contribution in [2.75, 3.05) is 6.61 Å². The Morgan fingerprint density at radius 3 is 2.90 bits per heavy atom. The Morgan fingerprint density at radius 2 is 2.14 bits per heavy atom. The molecule has 5 heteroatoms. The van der Waals surface area contributed by atoms with Gasteiger partial charge in [-0.1, -0.05) is 26.0 Å². The Labute approximate surface area is 125 Å². The van der Waals surface area contributed by atoms with Gasteiger partial charge in [0.25, 0.3) is 0 Å². The molecular weight excluding hydrogens is 266 g/mol. The molecule has 1 aromatic heterocycles. The standard InChI is InChI=1S/C16H21N3O2/c1-3-8-19-16(17-12-18-19)11-15(20)13-6-5-7-14(10-13)21-9-4-2/h5-7,10,12H,3-4,8-9,11H2,1-2H3. The maximum Gasteiger partial charge on any atom is 0.170 e. The number of nitrogens with zero attached hydrogens (tertiary/aromatic N) is 3. The van der Waals surface area contributed by atoms with E-state index in [4.69, 9.17) is 4.74 Å². The highest BCUT2D eigenvalue weighted by molar-refractivity contribution is 5.97. The maximum atomic E-state index is 12.4. The summed E-state index contributed by atoms with van der Waals surface area (Å²) in [5, 5.41) is 4.14. The number of Topliss-reactive ketones (excluding diaryl/α,β-unsaturated/α-hetero) is 1. The number of aryl methyl sites for hydroxylation is 1. The third-order valence-corrected chi connectivity index (χ3v) is 3.08. The fourth-order valence-electron chi connectivity index (χ4n) is 2.05. The highest BCUT2D eigenvalue weighted by Gasteiger charge is 2.12. The van der Waals surface area contributed by atoms with Gasteiger partial charge in [-0.3, -0.25) is 4.79 Å². The van der Waals surface area contributed by atoms with E-state index in [1.807, 2.05) is 18.2 Å². The lowest BCUT2D eigenvalue weighted by molar-refractivity contribution is 0.0989. The van der Waals surface area contributed by atoms with Gasteiger partial charge in [-0.15, -0.1) is 0 Å². The first-order valence-electron chi connectivity index (χ1n) is 7.37. The van der Waals surface area contributed by atoms with E-state index in [1.54, 1.807) is 10.7 Å². The monoisotopic (exact) mass is 287 g/mol. The van der Waals surface area contributed by atoms with Crippen LogP contribution in [0.25, 0.3) is 0 Å². The zero-order chi connectivity index (χ0) is 15.1. The summed E-state index contributed by atoms with van der Waals surface area (Å²) in [6.45, 7) is 5.56. The second kappa shape index (κ2) is 7.57. The molecule has 112 valence electrons. The van der Waals surface area contributed by atoms with E-state index in [9.17, 15) is 4.79 Å². The lowest BCUT2D eigenvalue weighted by Crippen LogP contribution is -2.11. The minimum absolute atomic E-state index is 0.0299. The van der Waals surface area contributed by atoms with Crippen molar-refractivity contribution in [2.45, 2.75) is 39.7 Å². The van der Waals surface area contributed by atoms with Crippen molar-refractivity contribution in [1.82, 2.24) is 14.8 Å². The number of hydrogen-bond acceptors (Lipinski definition) is 4. The molecule has 1 heterocycles. The van der Waals surface area contributed by atoms with Gasteiger partial charge in [0, 0.05) is 12.1 Å². The van der Waals surface area contributed by atoms with Gasteiger partial charge >= 0.3 is 0 Å². The van der Waals surface area contributed by atoms with Gasteiger partial charge in [0.2, 0.25) is 0 Å². The average Bonchev–Trinajstić information content (AvgIpc) is 2.93. The average molecular weight is 287 g/mol. The van der Waals surface area contributed by atoms with E-state index >= 15 is 0 Å². The van der Waals surface area contributed by atoms with E-state index in [-0.39, 0.29) is 12.2 Å². The van der Waals surface area contributed by atoms with Gasteiger partial charge in [-0.05, 0) is 25.0 Å². The number of ether oxygens (including phenoxy) is 1. The van der Waals surface area contributed by atoms with Crippen LogP contribution in [-0.2, 0) is 13.0 Å².